The highest BCUT2D eigenvalue weighted by molar-refractivity contribution is 7.80. The van der Waals surface area contributed by atoms with Crippen LogP contribution in [0.25, 0.3) is 0 Å². The Bertz CT molecular complexity index is 714. The topological polar surface area (TPSA) is 79.2 Å². The number of halogens is 1. The van der Waals surface area contributed by atoms with Gasteiger partial charge in [0.05, 0.1) is 10.7 Å². The first-order valence-electron chi connectivity index (χ1n) is 5.99. The summed E-state index contributed by atoms with van der Waals surface area (Å²) in [7, 11) is 1.62. The van der Waals surface area contributed by atoms with E-state index < -0.39 is 5.91 Å². The van der Waals surface area contributed by atoms with Crippen LogP contribution < -0.4 is 10.6 Å². The van der Waals surface area contributed by atoms with E-state index in [1.165, 1.54) is 16.8 Å². The van der Waals surface area contributed by atoms with Gasteiger partial charge in [0.2, 0.25) is 0 Å². The van der Waals surface area contributed by atoms with Crippen LogP contribution in [0.4, 0.5) is 5.69 Å². The summed E-state index contributed by atoms with van der Waals surface area (Å²) in [5.41, 5.74) is 1.36. The normalized spacial score (nSPS) is 10.2. The molecule has 1 aromatic carbocycles. The molecule has 8 heteroatoms. The second-order valence-corrected chi connectivity index (χ2v) is 5.12. The number of hydrogen-bond acceptors (Lipinski definition) is 4. The fraction of sp³-hybridized carbons (Fsp3) is 0.154. The number of phenolic OH excluding ortho intramolecular Hbond substituents is 1. The van der Waals surface area contributed by atoms with Gasteiger partial charge in [-0.05, 0) is 31.3 Å². The van der Waals surface area contributed by atoms with Crippen LogP contribution in [0.3, 0.4) is 0 Å². The van der Waals surface area contributed by atoms with Gasteiger partial charge in [0, 0.05) is 18.8 Å². The fourth-order valence-electron chi connectivity index (χ4n) is 1.79. The van der Waals surface area contributed by atoms with Gasteiger partial charge in [0.1, 0.15) is 11.4 Å². The highest BCUT2D eigenvalue weighted by atomic mass is 35.5. The molecule has 1 heterocycles. The Hall–Kier alpha value is -2.12. The van der Waals surface area contributed by atoms with Gasteiger partial charge in [-0.3, -0.25) is 14.8 Å². The van der Waals surface area contributed by atoms with Gasteiger partial charge in [0.25, 0.3) is 5.91 Å². The summed E-state index contributed by atoms with van der Waals surface area (Å²) in [5, 5.41) is 19.1. The lowest BCUT2D eigenvalue weighted by Crippen LogP contribution is -2.35. The minimum atomic E-state index is -0.458. The number of carbonyl (C=O) groups is 1. The van der Waals surface area contributed by atoms with E-state index in [-0.39, 0.29) is 21.6 Å². The maximum atomic E-state index is 12.1. The summed E-state index contributed by atoms with van der Waals surface area (Å²) in [6, 6.07) is 6.38. The number of aromatic hydroxyl groups is 1. The number of anilines is 1. The lowest BCUT2D eigenvalue weighted by atomic mass is 10.3. The highest BCUT2D eigenvalue weighted by Crippen LogP contribution is 2.19. The first-order chi connectivity index (χ1) is 9.88. The summed E-state index contributed by atoms with van der Waals surface area (Å²) in [6.45, 7) is 1.71. The van der Waals surface area contributed by atoms with Crippen molar-refractivity contribution in [1.29, 1.82) is 0 Å². The van der Waals surface area contributed by atoms with Gasteiger partial charge in [0.15, 0.2) is 5.11 Å². The summed E-state index contributed by atoms with van der Waals surface area (Å²) < 4.78 is 1.39. The molecule has 110 valence electrons. The van der Waals surface area contributed by atoms with Crippen molar-refractivity contribution in [2.75, 3.05) is 5.32 Å². The molecule has 0 spiro atoms. The van der Waals surface area contributed by atoms with Crippen LogP contribution in [0.15, 0.2) is 24.3 Å². The van der Waals surface area contributed by atoms with Crippen molar-refractivity contribution in [2.24, 2.45) is 7.05 Å². The predicted octanol–water partition coefficient (Wildman–Crippen LogP) is 2.21. The minimum Gasteiger partial charge on any atom is -0.508 e. The Morgan fingerprint density at radius 3 is 2.76 bits per heavy atom. The van der Waals surface area contributed by atoms with Crippen molar-refractivity contribution >= 4 is 40.5 Å². The van der Waals surface area contributed by atoms with Crippen molar-refractivity contribution in [1.82, 2.24) is 15.1 Å². The van der Waals surface area contributed by atoms with E-state index in [2.05, 4.69) is 15.7 Å². The molecule has 0 fully saturated rings. The van der Waals surface area contributed by atoms with Crippen LogP contribution >= 0.6 is 23.8 Å². The zero-order valence-electron chi connectivity index (χ0n) is 11.3. The molecule has 1 aromatic heterocycles. The summed E-state index contributed by atoms with van der Waals surface area (Å²) in [5.74, 6) is -0.361. The molecule has 0 saturated heterocycles. The van der Waals surface area contributed by atoms with E-state index >= 15 is 0 Å². The SMILES string of the molecule is Cc1nn(C)c(C(=O)NC(=S)Nc2cccc(O)c2)c1Cl. The summed E-state index contributed by atoms with van der Waals surface area (Å²) in [4.78, 5) is 12.1. The average molecular weight is 325 g/mol. The van der Waals surface area contributed by atoms with Crippen LogP contribution in [0.1, 0.15) is 16.2 Å². The molecule has 0 radical (unpaired) electrons. The molecular weight excluding hydrogens is 312 g/mol. The Morgan fingerprint density at radius 1 is 1.48 bits per heavy atom. The Balaban J connectivity index is 2.07. The first kappa shape index (κ1) is 15.3. The van der Waals surface area contributed by atoms with Crippen molar-refractivity contribution < 1.29 is 9.90 Å². The molecule has 3 N–H and O–H groups in total. The third-order valence-electron chi connectivity index (χ3n) is 2.70. The molecule has 21 heavy (non-hydrogen) atoms. The van der Waals surface area contributed by atoms with Crippen molar-refractivity contribution in [3.8, 4) is 5.75 Å². The van der Waals surface area contributed by atoms with Crippen molar-refractivity contribution in [2.45, 2.75) is 6.92 Å². The number of benzene rings is 1. The van der Waals surface area contributed by atoms with Gasteiger partial charge in [-0.15, -0.1) is 0 Å². The van der Waals surface area contributed by atoms with Gasteiger partial charge in [-0.1, -0.05) is 17.7 Å². The molecule has 0 atom stereocenters. The first-order valence-corrected chi connectivity index (χ1v) is 6.77. The number of hydrogen-bond donors (Lipinski definition) is 3. The smallest absolute Gasteiger partial charge is 0.277 e. The largest absolute Gasteiger partial charge is 0.508 e. The lowest BCUT2D eigenvalue weighted by molar-refractivity contribution is 0.0968. The second-order valence-electron chi connectivity index (χ2n) is 4.33. The van der Waals surface area contributed by atoms with E-state index in [1.807, 2.05) is 0 Å². The third kappa shape index (κ3) is 3.50. The quantitative estimate of drug-likeness (QED) is 0.738. The van der Waals surface area contributed by atoms with Gasteiger partial charge in [-0.25, -0.2) is 0 Å². The summed E-state index contributed by atoms with van der Waals surface area (Å²) >= 11 is 11.1. The summed E-state index contributed by atoms with van der Waals surface area (Å²) in [6.07, 6.45) is 0. The van der Waals surface area contributed by atoms with Crippen molar-refractivity contribution in [3.05, 3.63) is 40.7 Å². The maximum Gasteiger partial charge on any atom is 0.277 e. The van der Waals surface area contributed by atoms with E-state index in [4.69, 9.17) is 23.8 Å². The van der Waals surface area contributed by atoms with Crippen LogP contribution in [-0.2, 0) is 7.05 Å². The number of nitrogens with zero attached hydrogens (tertiary/aromatic N) is 2. The Kier molecular flexibility index (Phi) is 4.44. The van der Waals surface area contributed by atoms with Gasteiger partial charge in [-0.2, -0.15) is 5.10 Å². The molecule has 1 amide bonds. The Morgan fingerprint density at radius 2 is 2.19 bits per heavy atom. The van der Waals surface area contributed by atoms with Crippen LogP contribution in [-0.4, -0.2) is 25.9 Å². The predicted molar refractivity (Wildman–Crippen MR) is 84.7 cm³/mol. The average Bonchev–Trinajstić information content (AvgIpc) is 2.62. The van der Waals surface area contributed by atoms with E-state index in [0.717, 1.165) is 0 Å². The van der Waals surface area contributed by atoms with Crippen LogP contribution in [0.2, 0.25) is 5.02 Å². The van der Waals surface area contributed by atoms with E-state index in [0.29, 0.717) is 11.4 Å². The number of amides is 1. The number of phenols is 1. The molecule has 0 aliphatic rings. The fourth-order valence-corrected chi connectivity index (χ4v) is 2.24. The minimum absolute atomic E-state index is 0.0967. The molecule has 2 aromatic rings. The molecule has 0 aliphatic heterocycles. The van der Waals surface area contributed by atoms with Gasteiger partial charge >= 0.3 is 0 Å². The number of nitrogens with one attached hydrogen (secondary N) is 2. The van der Waals surface area contributed by atoms with Crippen molar-refractivity contribution in [3.63, 3.8) is 0 Å². The number of rotatable bonds is 2. The van der Waals surface area contributed by atoms with Crippen LogP contribution in [0.5, 0.6) is 5.75 Å². The lowest BCUT2D eigenvalue weighted by Gasteiger charge is -2.10. The molecular formula is C13H13ClN4O2S. The molecule has 0 bridgehead atoms. The number of carbonyl (C=O) groups excluding carboxylic acids is 1. The molecule has 6 nitrogen and oxygen atoms in total. The zero-order chi connectivity index (χ0) is 15.6. The molecule has 2 rings (SSSR count). The van der Waals surface area contributed by atoms with E-state index in [1.54, 1.807) is 26.1 Å². The monoisotopic (exact) mass is 324 g/mol. The number of aryl methyl sites for hydroxylation is 2. The number of thiocarbonyl (C=S) groups is 1. The third-order valence-corrected chi connectivity index (χ3v) is 3.35. The molecule has 0 unspecified atom stereocenters. The number of aromatic nitrogens is 2. The van der Waals surface area contributed by atoms with E-state index in [9.17, 15) is 9.90 Å². The highest BCUT2D eigenvalue weighted by Gasteiger charge is 2.19. The molecule has 0 saturated carbocycles. The standard InChI is InChI=1S/C13H13ClN4O2S/c1-7-10(14)11(18(2)17-7)12(20)16-13(21)15-8-4-3-5-9(19)6-8/h3-6,19H,1-2H3,(H2,15,16,20,21). The zero-order valence-corrected chi connectivity index (χ0v) is 12.9. The maximum absolute atomic E-state index is 12.1. The van der Waals surface area contributed by atoms with Crippen LogP contribution in [0, 0.1) is 6.92 Å². The molecule has 0 aliphatic carbocycles. The Labute approximate surface area is 131 Å². The second kappa shape index (κ2) is 6.11. The van der Waals surface area contributed by atoms with Gasteiger partial charge < -0.3 is 10.4 Å².